The van der Waals surface area contributed by atoms with E-state index in [2.05, 4.69) is 0 Å². The van der Waals surface area contributed by atoms with E-state index in [-0.39, 0.29) is 29.5 Å². The van der Waals surface area contributed by atoms with Crippen molar-refractivity contribution in [1.82, 2.24) is 4.90 Å². The number of allylic oxidation sites excluding steroid dienone is 1. The minimum atomic E-state index is -0.524. The van der Waals surface area contributed by atoms with Gasteiger partial charge < -0.3 is 24.2 Å². The van der Waals surface area contributed by atoms with E-state index in [0.29, 0.717) is 37.4 Å². The summed E-state index contributed by atoms with van der Waals surface area (Å²) < 4.78 is 16.2. The Morgan fingerprint density at radius 3 is 2.63 bits per heavy atom. The number of nitrogens with zero attached hydrogens (tertiary/aromatic N) is 1. The minimum Gasteiger partial charge on any atom is -0.508 e. The van der Waals surface area contributed by atoms with Crippen molar-refractivity contribution < 1.29 is 28.9 Å². The van der Waals surface area contributed by atoms with E-state index in [0.717, 1.165) is 5.56 Å². The highest BCUT2D eigenvalue weighted by molar-refractivity contribution is 6.12. The van der Waals surface area contributed by atoms with Crippen molar-refractivity contribution >= 4 is 11.8 Å². The van der Waals surface area contributed by atoms with Crippen LogP contribution in [-0.4, -0.2) is 55.2 Å². The van der Waals surface area contributed by atoms with E-state index in [1.165, 1.54) is 13.2 Å². The normalized spacial score (nSPS) is 18.1. The number of fused-ring (bicyclic) bond motifs is 1. The molecule has 2 aromatic rings. The number of phenolic OH excluding ortho intramolecular Hbond substituents is 1. The number of morpholine rings is 1. The van der Waals surface area contributed by atoms with Crippen LogP contribution in [0.4, 0.5) is 0 Å². The van der Waals surface area contributed by atoms with Crippen molar-refractivity contribution in [1.29, 1.82) is 0 Å². The molecule has 4 rings (SSSR count). The molecule has 7 nitrogen and oxygen atoms in total. The Morgan fingerprint density at radius 1 is 1.20 bits per heavy atom. The first-order valence-electron chi connectivity index (χ1n) is 9.82. The van der Waals surface area contributed by atoms with Gasteiger partial charge in [0.05, 0.1) is 32.3 Å². The average molecular weight is 409 g/mol. The summed E-state index contributed by atoms with van der Waals surface area (Å²) in [7, 11) is 1.32. The maximum absolute atomic E-state index is 12.9. The van der Waals surface area contributed by atoms with Crippen LogP contribution in [0.25, 0.3) is 0 Å². The minimum absolute atomic E-state index is 0.00455. The Balaban J connectivity index is 1.76. The van der Waals surface area contributed by atoms with Crippen LogP contribution in [0.1, 0.15) is 33.8 Å². The smallest absolute Gasteiger partial charge is 0.306 e. The van der Waals surface area contributed by atoms with Crippen molar-refractivity contribution in [2.75, 3.05) is 33.4 Å². The number of hydrogen-bond donors (Lipinski definition) is 1. The van der Waals surface area contributed by atoms with Gasteiger partial charge in [0.1, 0.15) is 11.5 Å². The lowest BCUT2D eigenvalue weighted by atomic mass is 9.86. The molecule has 2 aliphatic heterocycles. The molecule has 0 unspecified atom stereocenters. The lowest BCUT2D eigenvalue weighted by Gasteiger charge is -2.25. The molecular formula is C23H23NO6. The summed E-state index contributed by atoms with van der Waals surface area (Å²) in [5, 5.41) is 10.7. The largest absolute Gasteiger partial charge is 0.508 e. The zero-order valence-electron chi connectivity index (χ0n) is 16.7. The quantitative estimate of drug-likeness (QED) is 0.600. The molecule has 0 aromatic heterocycles. The number of Topliss-reactive ketones (excluding diaryl/α,β-unsaturated/α-hetero) is 1. The highest BCUT2D eigenvalue weighted by Gasteiger charge is 2.35. The van der Waals surface area contributed by atoms with Crippen LogP contribution in [0.3, 0.4) is 0 Å². The summed E-state index contributed by atoms with van der Waals surface area (Å²) >= 11 is 0. The SMILES string of the molecule is COC(=O)C[C@@H](c1ccccc1)c1c(O)ccc2c1O/C(=C\N1CCOCC1)C2=O. The van der Waals surface area contributed by atoms with Gasteiger partial charge in [-0.05, 0) is 17.7 Å². The Hall–Kier alpha value is -3.32. The highest BCUT2D eigenvalue weighted by atomic mass is 16.5. The average Bonchev–Trinajstić information content (AvgIpc) is 3.08. The molecule has 2 heterocycles. The predicted molar refractivity (Wildman–Crippen MR) is 108 cm³/mol. The number of carbonyl (C=O) groups excluding carboxylic acids is 2. The van der Waals surface area contributed by atoms with Gasteiger partial charge in [-0.15, -0.1) is 0 Å². The van der Waals surface area contributed by atoms with Crippen molar-refractivity contribution in [2.24, 2.45) is 0 Å². The maximum atomic E-state index is 12.9. The number of rotatable bonds is 5. The second kappa shape index (κ2) is 8.59. The zero-order valence-corrected chi connectivity index (χ0v) is 16.7. The number of methoxy groups -OCH3 is 1. The fourth-order valence-electron chi connectivity index (χ4n) is 3.78. The first-order valence-corrected chi connectivity index (χ1v) is 9.82. The Bertz CT molecular complexity index is 979. The number of hydrogen-bond acceptors (Lipinski definition) is 7. The number of carbonyl (C=O) groups is 2. The monoisotopic (exact) mass is 409 g/mol. The molecule has 156 valence electrons. The molecule has 0 radical (unpaired) electrons. The van der Waals surface area contributed by atoms with Gasteiger partial charge in [-0.3, -0.25) is 9.59 Å². The van der Waals surface area contributed by atoms with E-state index in [1.54, 1.807) is 12.3 Å². The molecule has 0 amide bonds. The third-order valence-electron chi connectivity index (χ3n) is 5.35. The fraction of sp³-hybridized carbons (Fsp3) is 0.304. The Kier molecular flexibility index (Phi) is 5.72. The standard InChI is InChI=1S/C23H23NO6/c1-28-20(26)13-17(15-5-3-2-4-6-15)21-18(25)8-7-16-22(27)19(30-23(16)21)14-24-9-11-29-12-10-24/h2-8,14,17,25H,9-13H2,1H3/b19-14-/t17-/m0/s1. The summed E-state index contributed by atoms with van der Waals surface area (Å²) in [6.45, 7) is 2.52. The third-order valence-corrected chi connectivity index (χ3v) is 5.35. The molecular weight excluding hydrogens is 386 g/mol. The molecule has 0 saturated carbocycles. The second-order valence-corrected chi connectivity index (χ2v) is 7.19. The number of aromatic hydroxyl groups is 1. The van der Waals surface area contributed by atoms with Crippen molar-refractivity contribution in [3.8, 4) is 11.5 Å². The van der Waals surface area contributed by atoms with Crippen LogP contribution in [-0.2, 0) is 14.3 Å². The molecule has 1 fully saturated rings. The van der Waals surface area contributed by atoms with Crippen LogP contribution in [0.5, 0.6) is 11.5 Å². The summed E-state index contributed by atoms with van der Waals surface area (Å²) in [5.41, 5.74) is 1.59. The summed E-state index contributed by atoms with van der Waals surface area (Å²) in [5.74, 6) is -0.742. The molecule has 0 spiro atoms. The lowest BCUT2D eigenvalue weighted by Crippen LogP contribution is -2.32. The number of phenols is 1. The van der Waals surface area contributed by atoms with Crippen molar-refractivity contribution in [3.05, 3.63) is 71.1 Å². The highest BCUT2D eigenvalue weighted by Crippen LogP contribution is 2.46. The maximum Gasteiger partial charge on any atom is 0.306 e. The zero-order chi connectivity index (χ0) is 21.1. The molecule has 1 saturated heterocycles. The number of ether oxygens (including phenoxy) is 3. The van der Waals surface area contributed by atoms with Gasteiger partial charge in [0.2, 0.25) is 5.78 Å². The second-order valence-electron chi connectivity index (χ2n) is 7.19. The number of ketones is 1. The first kappa shape index (κ1) is 20.0. The van der Waals surface area contributed by atoms with E-state index in [9.17, 15) is 14.7 Å². The lowest BCUT2D eigenvalue weighted by molar-refractivity contribution is -0.140. The van der Waals surface area contributed by atoms with Gasteiger partial charge in [0.15, 0.2) is 5.76 Å². The third kappa shape index (κ3) is 3.89. The Labute approximate surface area is 174 Å². The van der Waals surface area contributed by atoms with E-state index in [4.69, 9.17) is 14.2 Å². The van der Waals surface area contributed by atoms with E-state index >= 15 is 0 Å². The van der Waals surface area contributed by atoms with Gasteiger partial charge in [-0.2, -0.15) is 0 Å². The first-order chi connectivity index (χ1) is 14.6. The van der Waals surface area contributed by atoms with Crippen LogP contribution >= 0.6 is 0 Å². The van der Waals surface area contributed by atoms with E-state index < -0.39 is 11.9 Å². The van der Waals surface area contributed by atoms with Crippen LogP contribution in [0, 0.1) is 0 Å². The van der Waals surface area contributed by atoms with Crippen LogP contribution in [0.15, 0.2) is 54.4 Å². The predicted octanol–water partition coefficient (Wildman–Crippen LogP) is 2.84. The molecule has 30 heavy (non-hydrogen) atoms. The fourth-order valence-corrected chi connectivity index (χ4v) is 3.78. The van der Waals surface area contributed by atoms with Crippen molar-refractivity contribution in [2.45, 2.75) is 12.3 Å². The summed E-state index contributed by atoms with van der Waals surface area (Å²) in [6.07, 6.45) is 1.70. The summed E-state index contributed by atoms with van der Waals surface area (Å²) in [4.78, 5) is 27.1. The molecule has 1 atom stereocenters. The molecule has 2 aromatic carbocycles. The Morgan fingerprint density at radius 2 is 1.93 bits per heavy atom. The number of benzene rings is 2. The van der Waals surface area contributed by atoms with E-state index in [1.807, 2.05) is 35.2 Å². The van der Waals surface area contributed by atoms with Gasteiger partial charge in [0.25, 0.3) is 0 Å². The topological polar surface area (TPSA) is 85.3 Å². The van der Waals surface area contributed by atoms with Crippen molar-refractivity contribution in [3.63, 3.8) is 0 Å². The summed E-state index contributed by atoms with van der Waals surface area (Å²) in [6, 6.07) is 12.3. The molecule has 1 N–H and O–H groups in total. The van der Waals surface area contributed by atoms with Gasteiger partial charge in [0, 0.05) is 30.8 Å². The van der Waals surface area contributed by atoms with Gasteiger partial charge in [-0.25, -0.2) is 0 Å². The molecule has 2 aliphatic rings. The van der Waals surface area contributed by atoms with Gasteiger partial charge >= 0.3 is 5.97 Å². The molecule has 0 bridgehead atoms. The van der Waals surface area contributed by atoms with Crippen LogP contribution < -0.4 is 4.74 Å². The molecule has 7 heteroatoms. The van der Waals surface area contributed by atoms with Gasteiger partial charge in [-0.1, -0.05) is 30.3 Å². The number of esters is 1. The van der Waals surface area contributed by atoms with Crippen LogP contribution in [0.2, 0.25) is 0 Å². The molecule has 0 aliphatic carbocycles.